The predicted octanol–water partition coefficient (Wildman–Crippen LogP) is 2.98. The van der Waals surface area contributed by atoms with Gasteiger partial charge in [-0.25, -0.2) is 0 Å². The zero-order valence-corrected chi connectivity index (χ0v) is 19.2. The minimum absolute atomic E-state index is 0.127. The molecule has 0 fully saturated rings. The van der Waals surface area contributed by atoms with E-state index >= 15 is 0 Å². The summed E-state index contributed by atoms with van der Waals surface area (Å²) in [6, 6.07) is 17.4. The standard InChI is InChI=1S/C24H20N4O2S2/c1-4-14-27-22(30)20(24-26(3)17-12-8-9-13-18(17)31-24)32-23(27)19-15(2)25-28(21(19)29)16-10-6-5-7-11-16/h4-13H,1,14H2,2-3H3/b23-19+,24-20-. The second kappa shape index (κ2) is 7.96. The first-order valence-corrected chi connectivity index (χ1v) is 11.7. The van der Waals surface area contributed by atoms with Gasteiger partial charge in [0.2, 0.25) is 0 Å². The number of allylic oxidation sites excluding steroid dienone is 1. The Bertz CT molecular complexity index is 1470. The van der Waals surface area contributed by atoms with Crippen LogP contribution in [-0.2, 0) is 11.3 Å². The fourth-order valence-corrected chi connectivity index (χ4v) is 6.37. The van der Waals surface area contributed by atoms with E-state index in [1.54, 1.807) is 29.3 Å². The third-order valence-corrected chi connectivity index (χ3v) is 7.92. The largest absolute Gasteiger partial charge is 0.337 e. The third kappa shape index (κ3) is 3.14. The number of thiazole rings is 1. The molecule has 1 amide bonds. The molecule has 0 spiro atoms. The van der Waals surface area contributed by atoms with Gasteiger partial charge in [-0.2, -0.15) is 10.1 Å². The number of aromatic nitrogens is 1. The minimum Gasteiger partial charge on any atom is -0.337 e. The molecular weight excluding hydrogens is 440 g/mol. The molecule has 2 aliphatic rings. The Hall–Kier alpha value is -3.36. The second-order valence-electron chi connectivity index (χ2n) is 7.39. The summed E-state index contributed by atoms with van der Waals surface area (Å²) in [5, 5.41) is 6.75. The lowest BCUT2D eigenvalue weighted by molar-refractivity contribution is -0.112. The fourth-order valence-electron chi connectivity index (χ4n) is 3.82. The number of carbonyl (C=O) groups is 1. The number of benzene rings is 2. The van der Waals surface area contributed by atoms with Gasteiger partial charge < -0.3 is 4.90 Å². The first kappa shape index (κ1) is 20.5. The molecule has 0 saturated carbocycles. The molecule has 3 aromatic rings. The number of amides is 1. The number of fused-ring (bicyclic) bond motifs is 1. The summed E-state index contributed by atoms with van der Waals surface area (Å²) in [6.45, 7) is 5.92. The van der Waals surface area contributed by atoms with Crippen LogP contribution in [0.4, 0.5) is 11.4 Å². The number of anilines is 2. The number of hydrazone groups is 1. The van der Waals surface area contributed by atoms with E-state index in [0.717, 1.165) is 15.6 Å². The molecule has 8 heteroatoms. The van der Waals surface area contributed by atoms with E-state index < -0.39 is 0 Å². The highest BCUT2D eigenvalue weighted by molar-refractivity contribution is 8.08. The highest BCUT2D eigenvalue weighted by Gasteiger charge is 2.32. The van der Waals surface area contributed by atoms with E-state index in [1.807, 2.05) is 66.5 Å². The Balaban J connectivity index is 1.74. The Kier molecular flexibility index (Phi) is 5.11. The summed E-state index contributed by atoms with van der Waals surface area (Å²) in [5.41, 5.74) is 2.67. The third-order valence-electron chi connectivity index (χ3n) is 5.36. The van der Waals surface area contributed by atoms with Crippen molar-refractivity contribution in [3.8, 4) is 0 Å². The number of para-hydroxylation sites is 2. The number of nitrogens with zero attached hydrogens (tertiary/aromatic N) is 4. The van der Waals surface area contributed by atoms with E-state index in [-0.39, 0.29) is 11.5 Å². The monoisotopic (exact) mass is 460 g/mol. The smallest absolute Gasteiger partial charge is 0.283 e. The Morgan fingerprint density at radius 3 is 2.50 bits per heavy atom. The summed E-state index contributed by atoms with van der Waals surface area (Å²) >= 11 is 2.91. The number of hydrogen-bond donors (Lipinski definition) is 0. The Morgan fingerprint density at radius 2 is 1.78 bits per heavy atom. The Morgan fingerprint density at radius 1 is 1.06 bits per heavy atom. The van der Waals surface area contributed by atoms with E-state index in [9.17, 15) is 9.59 Å². The van der Waals surface area contributed by atoms with Gasteiger partial charge in [0, 0.05) is 18.5 Å². The lowest BCUT2D eigenvalue weighted by Crippen LogP contribution is -2.35. The van der Waals surface area contributed by atoms with Crippen molar-refractivity contribution in [1.82, 2.24) is 4.57 Å². The maximum atomic E-state index is 13.5. The van der Waals surface area contributed by atoms with Crippen molar-refractivity contribution >= 4 is 56.7 Å². The van der Waals surface area contributed by atoms with Crippen molar-refractivity contribution in [2.45, 2.75) is 18.4 Å². The van der Waals surface area contributed by atoms with Crippen LogP contribution >= 0.6 is 23.1 Å². The van der Waals surface area contributed by atoms with Crippen LogP contribution in [0.5, 0.6) is 0 Å². The molecule has 2 aliphatic heterocycles. The quantitative estimate of drug-likeness (QED) is 0.564. The van der Waals surface area contributed by atoms with Gasteiger partial charge in [-0.15, -0.1) is 17.9 Å². The van der Waals surface area contributed by atoms with Crippen molar-refractivity contribution < 1.29 is 4.79 Å². The predicted molar refractivity (Wildman–Crippen MR) is 133 cm³/mol. The minimum atomic E-state index is -0.236. The molecule has 0 saturated heterocycles. The van der Waals surface area contributed by atoms with Gasteiger partial charge >= 0.3 is 0 Å². The summed E-state index contributed by atoms with van der Waals surface area (Å²) in [7, 11) is 1.96. The van der Waals surface area contributed by atoms with Crippen molar-refractivity contribution in [1.29, 1.82) is 0 Å². The first-order chi connectivity index (χ1) is 15.5. The van der Waals surface area contributed by atoms with Crippen LogP contribution in [0.3, 0.4) is 0 Å². The summed E-state index contributed by atoms with van der Waals surface area (Å²) in [6.07, 6.45) is 1.67. The van der Waals surface area contributed by atoms with Crippen LogP contribution in [0, 0.1) is 0 Å². The Labute approximate surface area is 193 Å². The van der Waals surface area contributed by atoms with Gasteiger partial charge in [-0.1, -0.05) is 48.2 Å². The van der Waals surface area contributed by atoms with Gasteiger partial charge in [-0.3, -0.25) is 14.2 Å². The topological polar surface area (TPSA) is 57.9 Å². The number of rotatable bonds is 3. The van der Waals surface area contributed by atoms with Crippen molar-refractivity contribution in [2.24, 2.45) is 5.10 Å². The van der Waals surface area contributed by atoms with Crippen LogP contribution in [-0.4, -0.2) is 23.2 Å². The van der Waals surface area contributed by atoms with Crippen molar-refractivity contribution in [3.05, 3.63) is 86.8 Å². The lowest BCUT2D eigenvalue weighted by Gasteiger charge is -2.11. The first-order valence-electron chi connectivity index (χ1n) is 10.1. The number of carbonyl (C=O) groups excluding carboxylic acids is 1. The lowest BCUT2D eigenvalue weighted by atomic mass is 10.2. The SMILES string of the molecule is C=CCn1c(=O)/c(=C2/Sc3ccccc3N2C)s/c1=C1/C(=O)N(c2ccccc2)N=C1C. The number of thioether (sulfide) groups is 1. The molecule has 0 atom stereocenters. The molecule has 0 unspecified atom stereocenters. The average Bonchev–Trinajstić information content (AvgIpc) is 3.41. The summed E-state index contributed by atoms with van der Waals surface area (Å²) in [4.78, 5) is 30.0. The molecule has 0 N–H and O–H groups in total. The van der Waals surface area contributed by atoms with Gasteiger partial charge in [0.25, 0.3) is 11.5 Å². The van der Waals surface area contributed by atoms with Gasteiger partial charge in [0.05, 0.1) is 22.7 Å². The molecule has 32 heavy (non-hydrogen) atoms. The molecule has 1 aromatic heterocycles. The van der Waals surface area contributed by atoms with E-state index in [2.05, 4.69) is 11.7 Å². The molecule has 160 valence electrons. The van der Waals surface area contributed by atoms with Crippen LogP contribution in [0.25, 0.3) is 10.6 Å². The second-order valence-corrected chi connectivity index (χ2v) is 9.42. The molecule has 0 aliphatic carbocycles. The molecule has 3 heterocycles. The molecule has 2 aromatic carbocycles. The summed E-state index contributed by atoms with van der Waals surface area (Å²) in [5.74, 6) is -0.236. The van der Waals surface area contributed by atoms with Crippen LogP contribution < -0.4 is 24.7 Å². The van der Waals surface area contributed by atoms with Gasteiger partial charge in [0.15, 0.2) is 0 Å². The highest BCUT2D eigenvalue weighted by Crippen LogP contribution is 2.44. The van der Waals surface area contributed by atoms with E-state index in [0.29, 0.717) is 32.7 Å². The highest BCUT2D eigenvalue weighted by atomic mass is 32.2. The maximum Gasteiger partial charge on any atom is 0.283 e. The molecule has 5 rings (SSSR count). The maximum absolute atomic E-state index is 13.5. The van der Waals surface area contributed by atoms with Gasteiger partial charge in [-0.05, 0) is 31.2 Å². The zero-order chi connectivity index (χ0) is 22.4. The fraction of sp³-hybridized carbons (Fsp3) is 0.125. The van der Waals surface area contributed by atoms with Crippen molar-refractivity contribution in [3.63, 3.8) is 0 Å². The van der Waals surface area contributed by atoms with E-state index in [4.69, 9.17) is 0 Å². The normalized spacial score (nSPS) is 18.8. The van der Waals surface area contributed by atoms with Crippen LogP contribution in [0.2, 0.25) is 0 Å². The number of hydrogen-bond acceptors (Lipinski definition) is 6. The van der Waals surface area contributed by atoms with Crippen molar-refractivity contribution in [2.75, 3.05) is 17.0 Å². The van der Waals surface area contributed by atoms with Crippen LogP contribution in [0.15, 0.2) is 82.0 Å². The van der Waals surface area contributed by atoms with E-state index in [1.165, 1.54) is 16.3 Å². The zero-order valence-electron chi connectivity index (χ0n) is 17.6. The van der Waals surface area contributed by atoms with Crippen LogP contribution in [0.1, 0.15) is 6.92 Å². The molecule has 0 bridgehead atoms. The molecule has 0 radical (unpaired) electrons. The molecular formula is C24H20N4O2S2. The molecule has 6 nitrogen and oxygen atoms in total. The average molecular weight is 461 g/mol. The van der Waals surface area contributed by atoms with Gasteiger partial charge in [0.1, 0.15) is 14.2 Å². The summed E-state index contributed by atoms with van der Waals surface area (Å²) < 4.78 is 2.84.